The fourth-order valence-corrected chi connectivity index (χ4v) is 7.85. The number of ether oxygens (including phenoxy) is 1. The van der Waals surface area contributed by atoms with E-state index in [4.69, 9.17) is 4.74 Å². The Kier molecular flexibility index (Phi) is 5.71. The zero-order chi connectivity index (χ0) is 22.6. The van der Waals surface area contributed by atoms with Crippen molar-refractivity contribution in [3.05, 3.63) is 11.6 Å². The lowest BCUT2D eigenvalue weighted by molar-refractivity contribution is -0.257. The normalized spacial score (nSPS) is 42.5. The zero-order valence-corrected chi connectivity index (χ0v) is 19.6. The molecular weight excluding hydrogens is 380 g/mol. The molecule has 5 nitrogen and oxygen atoms in total. The van der Waals surface area contributed by atoms with Gasteiger partial charge in [0, 0.05) is 13.5 Å². The van der Waals surface area contributed by atoms with E-state index in [1.54, 1.807) is 0 Å². The molecule has 2 fully saturated rings. The number of rotatable bonds is 5. The summed E-state index contributed by atoms with van der Waals surface area (Å²) in [4.78, 5) is 25.3. The molecule has 3 aliphatic carbocycles. The number of fused-ring (bicyclic) bond motifs is 3. The molecule has 0 spiro atoms. The van der Waals surface area contributed by atoms with E-state index in [1.807, 2.05) is 6.92 Å². The molecule has 0 aromatic heterocycles. The fourth-order valence-electron chi connectivity index (χ4n) is 7.85. The minimum atomic E-state index is -1.26. The number of esters is 1. The first-order valence-corrected chi connectivity index (χ1v) is 11.6. The van der Waals surface area contributed by atoms with E-state index in [0.717, 1.165) is 19.3 Å². The van der Waals surface area contributed by atoms with E-state index in [0.29, 0.717) is 31.6 Å². The van der Waals surface area contributed by atoms with Gasteiger partial charge in [0.25, 0.3) is 0 Å². The Labute approximate surface area is 181 Å². The van der Waals surface area contributed by atoms with Gasteiger partial charge in [-0.2, -0.15) is 0 Å². The molecule has 0 amide bonds. The van der Waals surface area contributed by atoms with Gasteiger partial charge in [0.15, 0.2) is 0 Å². The van der Waals surface area contributed by atoms with Gasteiger partial charge in [-0.05, 0) is 74.0 Å². The predicted octanol–water partition coefficient (Wildman–Crippen LogP) is 5.11. The first-order valence-electron chi connectivity index (χ1n) is 11.6. The molecule has 5 atom stereocenters. The quantitative estimate of drug-likeness (QED) is 0.477. The number of hydrogen-bond acceptors (Lipinski definition) is 4. The van der Waals surface area contributed by atoms with Crippen molar-refractivity contribution in [1.29, 1.82) is 0 Å². The highest BCUT2D eigenvalue weighted by Gasteiger charge is 2.75. The third-order valence-corrected chi connectivity index (χ3v) is 9.62. The number of aliphatic hydroxyl groups is 1. The lowest BCUT2D eigenvalue weighted by Crippen LogP contribution is -2.71. The molecule has 5 heteroatoms. The molecule has 0 bridgehead atoms. The summed E-state index contributed by atoms with van der Waals surface area (Å²) in [6, 6.07) is 0. The molecule has 3 rings (SSSR count). The van der Waals surface area contributed by atoms with Crippen molar-refractivity contribution in [2.45, 2.75) is 98.5 Å². The SMILES string of the molecule is CC(=O)O[C@@]1(C)CC[C@@]2(C)[C@@H]3CCCC(C)(C)C3=CC[C@]2(C)[C@@]1(CCCO)C(=O)O. The maximum Gasteiger partial charge on any atom is 0.314 e. The van der Waals surface area contributed by atoms with Crippen molar-refractivity contribution < 1.29 is 24.5 Å². The van der Waals surface area contributed by atoms with Crippen molar-refractivity contribution in [2.24, 2.45) is 27.6 Å². The first kappa shape index (κ1) is 23.3. The maximum atomic E-state index is 13.2. The molecule has 0 aromatic rings. The van der Waals surface area contributed by atoms with Gasteiger partial charge < -0.3 is 14.9 Å². The second-order valence-electron chi connectivity index (χ2n) is 11.3. The van der Waals surface area contributed by atoms with Crippen LogP contribution in [0.15, 0.2) is 11.6 Å². The van der Waals surface area contributed by atoms with Crippen molar-refractivity contribution in [3.63, 3.8) is 0 Å². The Bertz CT molecular complexity index is 755. The monoisotopic (exact) mass is 420 g/mol. The fraction of sp³-hybridized carbons (Fsp3) is 0.840. The van der Waals surface area contributed by atoms with Gasteiger partial charge in [-0.1, -0.05) is 45.8 Å². The summed E-state index contributed by atoms with van der Waals surface area (Å²) in [5.74, 6) is -1.00. The van der Waals surface area contributed by atoms with Gasteiger partial charge in [-0.15, -0.1) is 0 Å². The third kappa shape index (κ3) is 2.91. The van der Waals surface area contributed by atoms with Crippen LogP contribution in [0.5, 0.6) is 0 Å². The average Bonchev–Trinajstić information content (AvgIpc) is 2.62. The van der Waals surface area contributed by atoms with Gasteiger partial charge in [0.1, 0.15) is 11.0 Å². The Hall–Kier alpha value is -1.36. The van der Waals surface area contributed by atoms with E-state index >= 15 is 0 Å². The Morgan fingerprint density at radius 2 is 1.80 bits per heavy atom. The number of carboxylic acids is 1. The number of aliphatic hydroxyl groups excluding tert-OH is 1. The van der Waals surface area contributed by atoms with E-state index < -0.39 is 28.4 Å². The number of carbonyl (C=O) groups is 2. The molecule has 2 N–H and O–H groups in total. The number of hydrogen-bond donors (Lipinski definition) is 2. The van der Waals surface area contributed by atoms with Gasteiger partial charge in [0.2, 0.25) is 0 Å². The first-order chi connectivity index (χ1) is 13.8. The van der Waals surface area contributed by atoms with Crippen LogP contribution in [0.2, 0.25) is 0 Å². The van der Waals surface area contributed by atoms with E-state index in [9.17, 15) is 19.8 Å². The number of carboxylic acid groups (broad SMARTS) is 1. The van der Waals surface area contributed by atoms with Crippen LogP contribution in [-0.4, -0.2) is 34.4 Å². The molecule has 0 heterocycles. The van der Waals surface area contributed by atoms with Gasteiger partial charge in [0.05, 0.1) is 0 Å². The summed E-state index contributed by atoms with van der Waals surface area (Å²) in [5.41, 5.74) is -1.53. The van der Waals surface area contributed by atoms with Crippen molar-refractivity contribution in [2.75, 3.05) is 6.61 Å². The molecule has 0 unspecified atom stereocenters. The Balaban J connectivity index is 2.25. The summed E-state index contributed by atoms with van der Waals surface area (Å²) in [5, 5.41) is 20.4. The minimum absolute atomic E-state index is 0.0739. The standard InChI is InChI=1S/C25H40O5/c1-17(27)30-24(6)15-14-22(4)19-9-7-11-21(2,3)18(19)10-13-23(22,5)25(24,20(28)29)12-8-16-26/h10,19,26H,7-9,11-16H2,1-6H3,(H,28,29)/t19-,22+,23+,24+,25-/m1/s1. The van der Waals surface area contributed by atoms with Crippen LogP contribution >= 0.6 is 0 Å². The molecule has 0 radical (unpaired) electrons. The molecule has 30 heavy (non-hydrogen) atoms. The summed E-state index contributed by atoms with van der Waals surface area (Å²) in [7, 11) is 0. The van der Waals surface area contributed by atoms with Crippen molar-refractivity contribution >= 4 is 11.9 Å². The molecule has 170 valence electrons. The summed E-state index contributed by atoms with van der Waals surface area (Å²) < 4.78 is 5.87. The predicted molar refractivity (Wildman–Crippen MR) is 116 cm³/mol. The number of carbonyl (C=O) groups excluding carboxylic acids is 1. The van der Waals surface area contributed by atoms with Crippen LogP contribution in [0.3, 0.4) is 0 Å². The van der Waals surface area contributed by atoms with Crippen molar-refractivity contribution in [1.82, 2.24) is 0 Å². The molecule has 2 saturated carbocycles. The van der Waals surface area contributed by atoms with Gasteiger partial charge in [-0.3, -0.25) is 9.59 Å². The zero-order valence-electron chi connectivity index (χ0n) is 19.6. The van der Waals surface area contributed by atoms with E-state index in [-0.39, 0.29) is 17.4 Å². The Morgan fingerprint density at radius 1 is 1.13 bits per heavy atom. The molecule has 0 aliphatic heterocycles. The van der Waals surface area contributed by atoms with Crippen LogP contribution in [0.1, 0.15) is 92.9 Å². The van der Waals surface area contributed by atoms with Crippen LogP contribution in [0.4, 0.5) is 0 Å². The Morgan fingerprint density at radius 3 is 2.37 bits per heavy atom. The summed E-state index contributed by atoms with van der Waals surface area (Å²) >= 11 is 0. The highest BCUT2D eigenvalue weighted by molar-refractivity contribution is 5.79. The molecule has 0 aromatic carbocycles. The highest BCUT2D eigenvalue weighted by Crippen LogP contribution is 2.74. The highest BCUT2D eigenvalue weighted by atomic mass is 16.6. The number of aliphatic carboxylic acids is 1. The number of allylic oxidation sites excluding steroid dienone is 2. The lowest BCUT2D eigenvalue weighted by atomic mass is 9.34. The van der Waals surface area contributed by atoms with Crippen LogP contribution in [0, 0.1) is 27.6 Å². The van der Waals surface area contributed by atoms with E-state index in [1.165, 1.54) is 18.9 Å². The molecular formula is C25H40O5. The summed E-state index contributed by atoms with van der Waals surface area (Å²) in [6.07, 6.45) is 8.42. The van der Waals surface area contributed by atoms with E-state index in [2.05, 4.69) is 33.8 Å². The van der Waals surface area contributed by atoms with Crippen LogP contribution < -0.4 is 0 Å². The topological polar surface area (TPSA) is 83.8 Å². The molecule has 0 saturated heterocycles. The lowest BCUT2D eigenvalue weighted by Gasteiger charge is -2.70. The minimum Gasteiger partial charge on any atom is -0.481 e. The second-order valence-corrected chi connectivity index (χ2v) is 11.3. The smallest absolute Gasteiger partial charge is 0.314 e. The van der Waals surface area contributed by atoms with Crippen LogP contribution in [0.25, 0.3) is 0 Å². The molecule has 3 aliphatic rings. The van der Waals surface area contributed by atoms with Crippen molar-refractivity contribution in [3.8, 4) is 0 Å². The van der Waals surface area contributed by atoms with Gasteiger partial charge >= 0.3 is 11.9 Å². The average molecular weight is 421 g/mol. The largest absolute Gasteiger partial charge is 0.481 e. The maximum absolute atomic E-state index is 13.2. The van der Waals surface area contributed by atoms with Gasteiger partial charge in [-0.25, -0.2) is 0 Å². The summed E-state index contributed by atoms with van der Waals surface area (Å²) in [6.45, 7) is 12.1. The third-order valence-electron chi connectivity index (χ3n) is 9.62. The second kappa shape index (κ2) is 7.36. The van der Waals surface area contributed by atoms with Crippen LogP contribution in [-0.2, 0) is 14.3 Å².